The zero-order valence-electron chi connectivity index (χ0n) is 17.4. The van der Waals surface area contributed by atoms with Crippen molar-refractivity contribution in [2.24, 2.45) is 0 Å². The number of anilines is 2. The summed E-state index contributed by atoms with van der Waals surface area (Å²) in [5, 5.41) is 10.1. The van der Waals surface area contributed by atoms with E-state index in [0.717, 1.165) is 61.1 Å². The molecule has 1 amide bonds. The number of nitrogens with one attached hydrogen (secondary N) is 2. The first-order valence-corrected chi connectivity index (χ1v) is 10.4. The van der Waals surface area contributed by atoms with Gasteiger partial charge in [-0.15, -0.1) is 0 Å². The summed E-state index contributed by atoms with van der Waals surface area (Å²) in [5.74, 6) is -0.552. The van der Waals surface area contributed by atoms with Crippen LogP contribution in [-0.2, 0) is 6.18 Å². The Kier molecular flexibility index (Phi) is 5.20. The van der Waals surface area contributed by atoms with Crippen molar-refractivity contribution in [2.75, 3.05) is 23.3 Å². The Hall–Kier alpha value is -3.95. The smallest absolute Gasteiger partial charge is 0.370 e. The highest BCUT2D eigenvalue weighted by atomic mass is 19.4. The number of nitrogens with zero attached hydrogens (tertiary/aromatic N) is 4. The van der Waals surface area contributed by atoms with Gasteiger partial charge in [0.15, 0.2) is 5.69 Å². The van der Waals surface area contributed by atoms with Gasteiger partial charge in [-0.05, 0) is 48.7 Å². The molecule has 0 bridgehead atoms. The van der Waals surface area contributed by atoms with E-state index in [4.69, 9.17) is 0 Å². The van der Waals surface area contributed by atoms with Crippen LogP contribution in [0.2, 0.25) is 0 Å². The van der Waals surface area contributed by atoms with E-state index in [9.17, 15) is 18.0 Å². The molecule has 1 aromatic carbocycles. The van der Waals surface area contributed by atoms with Gasteiger partial charge < -0.3 is 10.2 Å². The minimum Gasteiger partial charge on any atom is -0.370 e. The van der Waals surface area contributed by atoms with Crippen LogP contribution >= 0.6 is 0 Å². The van der Waals surface area contributed by atoms with Gasteiger partial charge in [-0.1, -0.05) is 6.07 Å². The molecule has 7 nitrogen and oxygen atoms in total. The zero-order valence-corrected chi connectivity index (χ0v) is 17.4. The van der Waals surface area contributed by atoms with Crippen molar-refractivity contribution in [3.63, 3.8) is 0 Å². The average Bonchev–Trinajstić information content (AvgIpc) is 3.49. The number of rotatable bonds is 4. The molecule has 1 fully saturated rings. The molecular formula is C23H19F3N6O. The lowest BCUT2D eigenvalue weighted by Crippen LogP contribution is -2.17. The molecule has 0 unspecified atom stereocenters. The number of aromatic amines is 1. The SMILES string of the molecule is O=C(Nc1ccc(C(F)(F)F)nc1)c1n[nH]c2ccc(-c3cncc(N4CCCC4)c3)cc12. The van der Waals surface area contributed by atoms with Crippen LogP contribution in [0.3, 0.4) is 0 Å². The summed E-state index contributed by atoms with van der Waals surface area (Å²) in [7, 11) is 0. The number of carbonyl (C=O) groups is 1. The van der Waals surface area contributed by atoms with Crippen LogP contribution in [0.5, 0.6) is 0 Å². The third-order valence-corrected chi connectivity index (χ3v) is 5.62. The monoisotopic (exact) mass is 452 g/mol. The fourth-order valence-electron chi connectivity index (χ4n) is 3.93. The van der Waals surface area contributed by atoms with Crippen molar-refractivity contribution in [2.45, 2.75) is 19.0 Å². The predicted octanol–water partition coefficient (Wildman–Crippen LogP) is 4.89. The Bertz CT molecular complexity index is 1310. The van der Waals surface area contributed by atoms with E-state index in [-0.39, 0.29) is 11.4 Å². The summed E-state index contributed by atoms with van der Waals surface area (Å²) in [6.45, 7) is 2.02. The molecule has 1 aliphatic rings. The number of aromatic nitrogens is 4. The fraction of sp³-hybridized carbons (Fsp3) is 0.217. The highest BCUT2D eigenvalue weighted by Gasteiger charge is 2.32. The van der Waals surface area contributed by atoms with Gasteiger partial charge in [-0.2, -0.15) is 18.3 Å². The number of hydrogen-bond donors (Lipinski definition) is 2. The van der Waals surface area contributed by atoms with Crippen molar-refractivity contribution < 1.29 is 18.0 Å². The number of carbonyl (C=O) groups excluding carboxylic acids is 1. The molecule has 5 rings (SSSR count). The lowest BCUT2D eigenvalue weighted by atomic mass is 10.0. The molecule has 3 aromatic heterocycles. The Morgan fingerprint density at radius 2 is 1.82 bits per heavy atom. The van der Waals surface area contributed by atoms with Crippen LogP contribution < -0.4 is 10.2 Å². The van der Waals surface area contributed by atoms with E-state index in [1.54, 1.807) is 6.20 Å². The van der Waals surface area contributed by atoms with Crippen LogP contribution in [0.1, 0.15) is 29.0 Å². The summed E-state index contributed by atoms with van der Waals surface area (Å²) in [6.07, 6.45) is 2.38. The van der Waals surface area contributed by atoms with Crippen molar-refractivity contribution in [3.05, 3.63) is 66.4 Å². The molecule has 2 N–H and O–H groups in total. The van der Waals surface area contributed by atoms with Crippen molar-refractivity contribution in [1.82, 2.24) is 20.2 Å². The Morgan fingerprint density at radius 3 is 2.55 bits per heavy atom. The maximum Gasteiger partial charge on any atom is 0.433 e. The molecule has 0 radical (unpaired) electrons. The number of pyridine rings is 2. The minimum absolute atomic E-state index is 0.135. The lowest BCUT2D eigenvalue weighted by molar-refractivity contribution is -0.141. The van der Waals surface area contributed by atoms with Gasteiger partial charge in [0.05, 0.1) is 29.3 Å². The summed E-state index contributed by atoms with van der Waals surface area (Å²) in [5.41, 5.74) is 2.77. The highest BCUT2D eigenvalue weighted by Crippen LogP contribution is 2.30. The fourth-order valence-corrected chi connectivity index (χ4v) is 3.93. The largest absolute Gasteiger partial charge is 0.433 e. The molecule has 1 aliphatic heterocycles. The number of benzene rings is 1. The van der Waals surface area contributed by atoms with Gasteiger partial charge in [-0.25, -0.2) is 4.98 Å². The molecule has 1 saturated heterocycles. The zero-order chi connectivity index (χ0) is 23.0. The van der Waals surface area contributed by atoms with E-state index in [0.29, 0.717) is 10.9 Å². The lowest BCUT2D eigenvalue weighted by Gasteiger charge is -2.17. The number of hydrogen-bond acceptors (Lipinski definition) is 5. The number of amides is 1. The van der Waals surface area contributed by atoms with Crippen LogP contribution in [-0.4, -0.2) is 39.2 Å². The van der Waals surface area contributed by atoms with E-state index < -0.39 is 17.8 Å². The maximum atomic E-state index is 12.8. The Labute approximate surface area is 186 Å². The standard InChI is InChI=1S/C23H19F3N6O/c24-23(25,26)20-6-4-16(12-28-20)29-22(33)21-18-10-14(3-5-19(18)30-31-21)15-9-17(13-27-11-15)32-7-1-2-8-32/h3-6,9-13H,1-2,7-8H2,(H,29,33)(H,30,31). The summed E-state index contributed by atoms with van der Waals surface area (Å²) < 4.78 is 38.1. The molecule has 0 spiro atoms. The molecule has 10 heteroatoms. The van der Waals surface area contributed by atoms with E-state index in [1.807, 2.05) is 24.4 Å². The van der Waals surface area contributed by atoms with Gasteiger partial charge in [-0.3, -0.25) is 14.9 Å². The number of H-pyrrole nitrogens is 1. The first-order chi connectivity index (χ1) is 15.9. The van der Waals surface area contributed by atoms with Crippen LogP contribution in [0.15, 0.2) is 55.0 Å². The molecular weight excluding hydrogens is 433 g/mol. The Balaban J connectivity index is 1.41. The van der Waals surface area contributed by atoms with Crippen LogP contribution in [0.4, 0.5) is 24.5 Å². The quantitative estimate of drug-likeness (QED) is 0.460. The van der Waals surface area contributed by atoms with E-state index in [1.165, 1.54) is 0 Å². The van der Waals surface area contributed by atoms with Crippen LogP contribution in [0.25, 0.3) is 22.0 Å². The number of halogens is 3. The van der Waals surface area contributed by atoms with Gasteiger partial charge in [0.2, 0.25) is 0 Å². The Morgan fingerprint density at radius 1 is 1.00 bits per heavy atom. The molecule has 0 atom stereocenters. The molecule has 0 aliphatic carbocycles. The normalized spacial score (nSPS) is 14.1. The van der Waals surface area contributed by atoms with E-state index >= 15 is 0 Å². The molecule has 0 saturated carbocycles. The maximum absolute atomic E-state index is 12.8. The summed E-state index contributed by atoms with van der Waals surface area (Å²) >= 11 is 0. The first-order valence-electron chi connectivity index (χ1n) is 10.4. The summed E-state index contributed by atoms with van der Waals surface area (Å²) in [4.78, 5) is 22.8. The number of alkyl halides is 3. The highest BCUT2D eigenvalue weighted by molar-refractivity contribution is 6.11. The van der Waals surface area contributed by atoms with Crippen molar-refractivity contribution in [1.29, 1.82) is 0 Å². The van der Waals surface area contributed by atoms with Crippen molar-refractivity contribution >= 4 is 28.2 Å². The molecule has 33 heavy (non-hydrogen) atoms. The second-order valence-corrected chi connectivity index (χ2v) is 7.84. The van der Waals surface area contributed by atoms with Crippen molar-refractivity contribution in [3.8, 4) is 11.1 Å². The van der Waals surface area contributed by atoms with Gasteiger partial charge in [0.25, 0.3) is 5.91 Å². The average molecular weight is 452 g/mol. The number of fused-ring (bicyclic) bond motifs is 1. The second-order valence-electron chi connectivity index (χ2n) is 7.84. The topological polar surface area (TPSA) is 86.8 Å². The molecule has 4 aromatic rings. The van der Waals surface area contributed by atoms with Gasteiger partial charge in [0, 0.05) is 30.2 Å². The van der Waals surface area contributed by atoms with Gasteiger partial charge >= 0.3 is 6.18 Å². The third-order valence-electron chi connectivity index (χ3n) is 5.62. The van der Waals surface area contributed by atoms with Crippen LogP contribution in [0, 0.1) is 0 Å². The van der Waals surface area contributed by atoms with Gasteiger partial charge in [0.1, 0.15) is 5.69 Å². The molecule has 4 heterocycles. The minimum atomic E-state index is -4.54. The predicted molar refractivity (Wildman–Crippen MR) is 118 cm³/mol. The van der Waals surface area contributed by atoms with E-state index in [2.05, 4.69) is 36.4 Å². The first kappa shape index (κ1) is 20.9. The third kappa shape index (κ3) is 4.23. The summed E-state index contributed by atoms with van der Waals surface area (Å²) in [6, 6.07) is 9.65. The molecule has 168 valence electrons. The second kappa shape index (κ2) is 8.19.